The van der Waals surface area contributed by atoms with Gasteiger partial charge in [-0.1, -0.05) is 43.3 Å². The van der Waals surface area contributed by atoms with E-state index in [1.165, 1.54) is 0 Å². The molecule has 2 aromatic carbocycles. The first kappa shape index (κ1) is 15.6. The molecule has 1 unspecified atom stereocenters. The second-order valence-electron chi connectivity index (χ2n) is 5.71. The van der Waals surface area contributed by atoms with Crippen LogP contribution in [0.3, 0.4) is 0 Å². The SMILES string of the molecule is CCC(O)(Cc1ccccc1)c1c(C)cc(C)cc1OC. The normalized spacial score (nSPS) is 13.8. The fraction of sp³-hybridized carbons (Fsp3) is 0.368. The zero-order valence-electron chi connectivity index (χ0n) is 13.3. The topological polar surface area (TPSA) is 29.5 Å². The van der Waals surface area contributed by atoms with Crippen LogP contribution in [0.5, 0.6) is 5.75 Å². The Morgan fingerprint density at radius 1 is 1.10 bits per heavy atom. The van der Waals surface area contributed by atoms with E-state index in [1.807, 2.05) is 45.0 Å². The molecule has 0 aliphatic heterocycles. The summed E-state index contributed by atoms with van der Waals surface area (Å²) in [4.78, 5) is 0. The third-order valence-corrected chi connectivity index (χ3v) is 4.05. The van der Waals surface area contributed by atoms with Crippen LogP contribution in [0.1, 0.15) is 35.6 Å². The van der Waals surface area contributed by atoms with Gasteiger partial charge >= 0.3 is 0 Å². The Morgan fingerprint density at radius 2 is 1.76 bits per heavy atom. The molecule has 1 atom stereocenters. The minimum Gasteiger partial charge on any atom is -0.496 e. The van der Waals surface area contributed by atoms with Gasteiger partial charge in [0.15, 0.2) is 0 Å². The van der Waals surface area contributed by atoms with Crippen molar-refractivity contribution < 1.29 is 9.84 Å². The van der Waals surface area contributed by atoms with Gasteiger partial charge in [-0.3, -0.25) is 0 Å². The quantitative estimate of drug-likeness (QED) is 0.893. The molecule has 0 amide bonds. The Balaban J connectivity index is 2.50. The molecule has 0 spiro atoms. The van der Waals surface area contributed by atoms with Crippen LogP contribution in [0.25, 0.3) is 0 Å². The lowest BCUT2D eigenvalue weighted by molar-refractivity contribution is 0.0297. The van der Waals surface area contributed by atoms with Crippen LogP contribution in [0.2, 0.25) is 0 Å². The summed E-state index contributed by atoms with van der Waals surface area (Å²) in [7, 11) is 1.66. The van der Waals surface area contributed by atoms with Crippen molar-refractivity contribution in [3.05, 3.63) is 64.7 Å². The van der Waals surface area contributed by atoms with E-state index in [0.717, 1.165) is 28.0 Å². The summed E-state index contributed by atoms with van der Waals surface area (Å²) < 4.78 is 5.53. The number of aryl methyl sites for hydroxylation is 2. The van der Waals surface area contributed by atoms with Crippen molar-refractivity contribution in [3.8, 4) is 5.75 Å². The molecule has 21 heavy (non-hydrogen) atoms. The number of ether oxygens (including phenoxy) is 1. The molecule has 0 saturated carbocycles. The first-order valence-corrected chi connectivity index (χ1v) is 7.42. The fourth-order valence-corrected chi connectivity index (χ4v) is 3.01. The van der Waals surface area contributed by atoms with Gasteiger partial charge in [-0.2, -0.15) is 0 Å². The van der Waals surface area contributed by atoms with Gasteiger partial charge in [-0.25, -0.2) is 0 Å². The van der Waals surface area contributed by atoms with Gasteiger partial charge in [0.2, 0.25) is 0 Å². The maximum absolute atomic E-state index is 11.2. The second-order valence-corrected chi connectivity index (χ2v) is 5.71. The molecule has 0 bridgehead atoms. The Hall–Kier alpha value is -1.80. The number of hydrogen-bond donors (Lipinski definition) is 1. The van der Waals surface area contributed by atoms with E-state index < -0.39 is 5.60 Å². The van der Waals surface area contributed by atoms with Gasteiger partial charge in [-0.05, 0) is 43.0 Å². The summed E-state index contributed by atoms with van der Waals surface area (Å²) in [6, 6.07) is 14.2. The molecular formula is C19H24O2. The van der Waals surface area contributed by atoms with E-state index in [4.69, 9.17) is 4.74 Å². The molecular weight excluding hydrogens is 260 g/mol. The molecule has 0 heterocycles. The van der Waals surface area contributed by atoms with Gasteiger partial charge in [0.05, 0.1) is 12.7 Å². The van der Waals surface area contributed by atoms with E-state index in [-0.39, 0.29) is 0 Å². The third-order valence-electron chi connectivity index (χ3n) is 4.05. The van der Waals surface area contributed by atoms with Gasteiger partial charge in [0.1, 0.15) is 5.75 Å². The number of methoxy groups -OCH3 is 1. The van der Waals surface area contributed by atoms with Crippen molar-refractivity contribution in [1.29, 1.82) is 0 Å². The van der Waals surface area contributed by atoms with Gasteiger partial charge in [0.25, 0.3) is 0 Å². The highest BCUT2D eigenvalue weighted by Gasteiger charge is 2.32. The zero-order chi connectivity index (χ0) is 15.5. The first-order chi connectivity index (χ1) is 10.00. The third kappa shape index (κ3) is 3.27. The molecule has 2 aromatic rings. The zero-order valence-corrected chi connectivity index (χ0v) is 13.3. The lowest BCUT2D eigenvalue weighted by Gasteiger charge is -2.31. The van der Waals surface area contributed by atoms with Crippen molar-refractivity contribution in [1.82, 2.24) is 0 Å². The molecule has 0 aliphatic carbocycles. The van der Waals surface area contributed by atoms with Crippen LogP contribution in [-0.2, 0) is 12.0 Å². The average molecular weight is 284 g/mol. The Labute approximate surface area is 127 Å². The van der Waals surface area contributed by atoms with E-state index >= 15 is 0 Å². The van der Waals surface area contributed by atoms with Crippen molar-refractivity contribution in [2.75, 3.05) is 7.11 Å². The Morgan fingerprint density at radius 3 is 2.33 bits per heavy atom. The predicted octanol–water partition coefficient (Wildman–Crippen LogP) is 4.15. The van der Waals surface area contributed by atoms with Crippen LogP contribution >= 0.6 is 0 Å². The largest absolute Gasteiger partial charge is 0.496 e. The summed E-state index contributed by atoms with van der Waals surface area (Å²) in [5.41, 5.74) is 3.34. The Kier molecular flexibility index (Phi) is 4.69. The lowest BCUT2D eigenvalue weighted by Crippen LogP contribution is -2.29. The summed E-state index contributed by atoms with van der Waals surface area (Å²) >= 11 is 0. The second kappa shape index (κ2) is 6.31. The smallest absolute Gasteiger partial charge is 0.125 e. The standard InChI is InChI=1S/C19H24O2/c1-5-19(20,13-16-9-7-6-8-10-16)18-15(3)11-14(2)12-17(18)21-4/h6-12,20H,5,13H2,1-4H3. The van der Waals surface area contributed by atoms with E-state index in [2.05, 4.69) is 18.2 Å². The van der Waals surface area contributed by atoms with Gasteiger partial charge in [-0.15, -0.1) is 0 Å². The van der Waals surface area contributed by atoms with Crippen molar-refractivity contribution in [2.24, 2.45) is 0 Å². The van der Waals surface area contributed by atoms with Crippen molar-refractivity contribution in [3.63, 3.8) is 0 Å². The Bertz CT molecular complexity index is 604. The number of benzene rings is 2. The molecule has 1 N–H and O–H groups in total. The van der Waals surface area contributed by atoms with Crippen molar-refractivity contribution in [2.45, 2.75) is 39.2 Å². The molecule has 0 radical (unpaired) electrons. The maximum Gasteiger partial charge on any atom is 0.125 e. The molecule has 0 aliphatic rings. The number of aliphatic hydroxyl groups is 1. The maximum atomic E-state index is 11.2. The molecule has 2 rings (SSSR count). The molecule has 2 heteroatoms. The molecule has 0 fully saturated rings. The predicted molar refractivity (Wildman–Crippen MR) is 86.8 cm³/mol. The van der Waals surface area contributed by atoms with Crippen LogP contribution in [-0.4, -0.2) is 12.2 Å². The van der Waals surface area contributed by atoms with E-state index in [0.29, 0.717) is 12.8 Å². The summed E-state index contributed by atoms with van der Waals surface area (Å²) in [6.45, 7) is 6.10. The van der Waals surface area contributed by atoms with E-state index in [9.17, 15) is 5.11 Å². The van der Waals surface area contributed by atoms with Crippen LogP contribution < -0.4 is 4.74 Å². The fourth-order valence-electron chi connectivity index (χ4n) is 3.01. The number of hydrogen-bond acceptors (Lipinski definition) is 2. The van der Waals surface area contributed by atoms with Crippen LogP contribution in [0, 0.1) is 13.8 Å². The van der Waals surface area contributed by atoms with Gasteiger partial charge in [0, 0.05) is 12.0 Å². The number of rotatable bonds is 5. The van der Waals surface area contributed by atoms with Crippen LogP contribution in [0.15, 0.2) is 42.5 Å². The van der Waals surface area contributed by atoms with Crippen molar-refractivity contribution >= 4 is 0 Å². The van der Waals surface area contributed by atoms with E-state index in [1.54, 1.807) is 7.11 Å². The van der Waals surface area contributed by atoms with Crippen LogP contribution in [0.4, 0.5) is 0 Å². The molecule has 0 saturated heterocycles. The highest BCUT2D eigenvalue weighted by Crippen LogP contribution is 2.38. The molecule has 0 aromatic heterocycles. The minimum absolute atomic E-state index is 0.588. The molecule has 2 nitrogen and oxygen atoms in total. The first-order valence-electron chi connectivity index (χ1n) is 7.42. The van der Waals surface area contributed by atoms with Gasteiger partial charge < -0.3 is 9.84 Å². The monoisotopic (exact) mass is 284 g/mol. The highest BCUT2D eigenvalue weighted by atomic mass is 16.5. The summed E-state index contributed by atoms with van der Waals surface area (Å²) in [5, 5.41) is 11.2. The average Bonchev–Trinajstić information content (AvgIpc) is 2.47. The lowest BCUT2D eigenvalue weighted by atomic mass is 9.81. The summed E-state index contributed by atoms with van der Waals surface area (Å²) in [5.74, 6) is 0.771. The minimum atomic E-state index is -0.912. The summed E-state index contributed by atoms with van der Waals surface area (Å²) in [6.07, 6.45) is 1.23. The molecule has 112 valence electrons. The highest BCUT2D eigenvalue weighted by molar-refractivity contribution is 5.47.